The van der Waals surface area contributed by atoms with Gasteiger partial charge in [0.15, 0.2) is 0 Å². The van der Waals surface area contributed by atoms with E-state index in [2.05, 4.69) is 15.0 Å². The molecule has 0 bridgehead atoms. The number of ether oxygens (including phenoxy) is 1. The number of aromatic nitrogens is 3. The minimum Gasteiger partial charge on any atom is -0.436 e. The molecule has 1 atom stereocenters. The Kier molecular flexibility index (Phi) is 5.09. The summed E-state index contributed by atoms with van der Waals surface area (Å²) in [5.74, 6) is 1.87. The Morgan fingerprint density at radius 3 is 2.73 bits per heavy atom. The standard InChI is InChI=1S/C20H24N4O2/c25-20(15-5-1-2-6-15)24-12-4-7-16(14-24)18-19(23-11-10-22-18)26-17-8-3-9-21-13-17/h3,8-11,13,15-16H,1-2,4-7,12,14H2/t16-/m0/s1. The van der Waals surface area contributed by atoms with Crippen LogP contribution in [0.2, 0.25) is 0 Å². The molecule has 1 saturated carbocycles. The lowest BCUT2D eigenvalue weighted by Gasteiger charge is -2.34. The van der Waals surface area contributed by atoms with Crippen molar-refractivity contribution in [2.45, 2.75) is 44.4 Å². The number of nitrogens with zero attached hydrogens (tertiary/aromatic N) is 4. The molecule has 1 saturated heterocycles. The Morgan fingerprint density at radius 1 is 1.08 bits per heavy atom. The van der Waals surface area contributed by atoms with Crippen LogP contribution in [0.1, 0.15) is 50.1 Å². The molecule has 0 radical (unpaired) electrons. The molecule has 0 spiro atoms. The van der Waals surface area contributed by atoms with Gasteiger partial charge >= 0.3 is 0 Å². The van der Waals surface area contributed by atoms with Gasteiger partial charge in [0.25, 0.3) is 0 Å². The molecule has 3 heterocycles. The molecule has 0 N–H and O–H groups in total. The number of carbonyl (C=O) groups is 1. The first kappa shape index (κ1) is 16.9. The second-order valence-electron chi connectivity index (χ2n) is 7.14. The Balaban J connectivity index is 1.50. The van der Waals surface area contributed by atoms with Crippen molar-refractivity contribution in [1.29, 1.82) is 0 Å². The van der Waals surface area contributed by atoms with Crippen molar-refractivity contribution in [2.24, 2.45) is 5.92 Å². The molecule has 136 valence electrons. The minimum atomic E-state index is 0.162. The van der Waals surface area contributed by atoms with E-state index in [-0.39, 0.29) is 11.8 Å². The zero-order valence-corrected chi connectivity index (χ0v) is 14.9. The SMILES string of the molecule is O=C(C1CCCC1)N1CCC[C@H](c2nccnc2Oc2cccnc2)C1. The highest BCUT2D eigenvalue weighted by Crippen LogP contribution is 2.34. The molecule has 6 nitrogen and oxygen atoms in total. The fraction of sp³-hybridized carbons (Fsp3) is 0.500. The summed E-state index contributed by atoms with van der Waals surface area (Å²) >= 11 is 0. The van der Waals surface area contributed by atoms with Crippen LogP contribution >= 0.6 is 0 Å². The maximum atomic E-state index is 12.8. The van der Waals surface area contributed by atoms with Crippen molar-refractivity contribution in [3.8, 4) is 11.6 Å². The molecule has 4 rings (SSSR count). The van der Waals surface area contributed by atoms with Crippen molar-refractivity contribution in [1.82, 2.24) is 19.9 Å². The van der Waals surface area contributed by atoms with Crippen LogP contribution < -0.4 is 4.74 Å². The first-order valence-corrected chi connectivity index (χ1v) is 9.49. The lowest BCUT2D eigenvalue weighted by Crippen LogP contribution is -2.42. The van der Waals surface area contributed by atoms with Crippen LogP contribution in [0.15, 0.2) is 36.9 Å². The quantitative estimate of drug-likeness (QED) is 0.841. The zero-order valence-electron chi connectivity index (χ0n) is 14.9. The highest BCUT2D eigenvalue weighted by atomic mass is 16.5. The summed E-state index contributed by atoms with van der Waals surface area (Å²) in [5.41, 5.74) is 0.834. The normalized spacial score (nSPS) is 20.9. The smallest absolute Gasteiger partial charge is 0.241 e. The van der Waals surface area contributed by atoms with Gasteiger partial charge in [-0.25, -0.2) is 4.98 Å². The first-order chi connectivity index (χ1) is 12.8. The number of hydrogen-bond donors (Lipinski definition) is 0. The number of hydrogen-bond acceptors (Lipinski definition) is 5. The van der Waals surface area contributed by atoms with E-state index in [1.165, 1.54) is 12.8 Å². The van der Waals surface area contributed by atoms with Gasteiger partial charge in [-0.1, -0.05) is 12.8 Å². The van der Waals surface area contributed by atoms with Gasteiger partial charge in [0.05, 0.1) is 6.20 Å². The van der Waals surface area contributed by atoms with Gasteiger partial charge in [0, 0.05) is 43.5 Å². The second kappa shape index (κ2) is 7.81. The van der Waals surface area contributed by atoms with Crippen LogP contribution in [-0.2, 0) is 4.79 Å². The molecule has 0 aromatic carbocycles. The van der Waals surface area contributed by atoms with Crippen LogP contribution in [0.4, 0.5) is 0 Å². The van der Waals surface area contributed by atoms with Gasteiger partial charge in [0.1, 0.15) is 11.4 Å². The second-order valence-corrected chi connectivity index (χ2v) is 7.14. The van der Waals surface area contributed by atoms with E-state index >= 15 is 0 Å². The van der Waals surface area contributed by atoms with Crippen LogP contribution in [0.3, 0.4) is 0 Å². The van der Waals surface area contributed by atoms with Crippen molar-refractivity contribution in [3.05, 3.63) is 42.6 Å². The zero-order chi connectivity index (χ0) is 17.8. The predicted molar refractivity (Wildman–Crippen MR) is 96.9 cm³/mol. The van der Waals surface area contributed by atoms with Crippen LogP contribution in [0.5, 0.6) is 11.6 Å². The number of pyridine rings is 1. The van der Waals surface area contributed by atoms with E-state index in [9.17, 15) is 4.79 Å². The topological polar surface area (TPSA) is 68.2 Å². The average molecular weight is 352 g/mol. The number of carbonyl (C=O) groups excluding carboxylic acids is 1. The van der Waals surface area contributed by atoms with Gasteiger partial charge in [-0.05, 0) is 37.8 Å². The van der Waals surface area contributed by atoms with E-state index in [1.807, 2.05) is 17.0 Å². The number of likely N-dealkylation sites (tertiary alicyclic amines) is 1. The number of amides is 1. The van der Waals surface area contributed by atoms with E-state index < -0.39 is 0 Å². The number of rotatable bonds is 4. The van der Waals surface area contributed by atoms with E-state index in [0.29, 0.717) is 24.1 Å². The fourth-order valence-electron chi connectivity index (χ4n) is 4.05. The molecule has 2 fully saturated rings. The maximum Gasteiger partial charge on any atom is 0.241 e. The summed E-state index contributed by atoms with van der Waals surface area (Å²) in [6, 6.07) is 3.68. The lowest BCUT2D eigenvalue weighted by atomic mass is 9.93. The lowest BCUT2D eigenvalue weighted by molar-refractivity contribution is -0.136. The van der Waals surface area contributed by atoms with Crippen molar-refractivity contribution < 1.29 is 9.53 Å². The van der Waals surface area contributed by atoms with Gasteiger partial charge in [-0.15, -0.1) is 0 Å². The number of piperidine rings is 1. The largest absolute Gasteiger partial charge is 0.436 e. The van der Waals surface area contributed by atoms with Gasteiger partial charge in [-0.2, -0.15) is 0 Å². The van der Waals surface area contributed by atoms with Gasteiger partial charge in [-0.3, -0.25) is 14.8 Å². The summed E-state index contributed by atoms with van der Waals surface area (Å²) in [5, 5.41) is 0. The molecule has 2 aromatic rings. The third-order valence-corrected chi connectivity index (χ3v) is 5.36. The summed E-state index contributed by atoms with van der Waals surface area (Å²) in [6.07, 6.45) is 13.1. The van der Waals surface area contributed by atoms with Crippen LogP contribution in [0, 0.1) is 5.92 Å². The summed E-state index contributed by atoms with van der Waals surface area (Å²) < 4.78 is 5.92. The highest BCUT2D eigenvalue weighted by molar-refractivity contribution is 5.79. The maximum absolute atomic E-state index is 12.8. The third kappa shape index (κ3) is 3.69. The summed E-state index contributed by atoms with van der Waals surface area (Å²) in [7, 11) is 0. The van der Waals surface area contributed by atoms with Crippen LogP contribution in [0.25, 0.3) is 0 Å². The molecule has 0 unspecified atom stereocenters. The van der Waals surface area contributed by atoms with Crippen LogP contribution in [-0.4, -0.2) is 38.8 Å². The Bertz CT molecular complexity index is 746. The molecule has 2 aliphatic rings. The molecular weight excluding hydrogens is 328 g/mol. The van der Waals surface area contributed by atoms with E-state index in [4.69, 9.17) is 4.74 Å². The Hall–Kier alpha value is -2.50. The highest BCUT2D eigenvalue weighted by Gasteiger charge is 2.32. The molecule has 2 aromatic heterocycles. The third-order valence-electron chi connectivity index (χ3n) is 5.36. The molecule has 6 heteroatoms. The Morgan fingerprint density at radius 2 is 1.92 bits per heavy atom. The molecule has 1 amide bonds. The average Bonchev–Trinajstić information content (AvgIpc) is 3.24. The Labute approximate surface area is 153 Å². The summed E-state index contributed by atoms with van der Waals surface area (Å²) in [4.78, 5) is 27.8. The monoisotopic (exact) mass is 352 g/mol. The molecular formula is C20H24N4O2. The van der Waals surface area contributed by atoms with Crippen molar-refractivity contribution in [2.75, 3.05) is 13.1 Å². The van der Waals surface area contributed by atoms with E-state index in [1.54, 1.807) is 24.8 Å². The minimum absolute atomic E-state index is 0.162. The van der Waals surface area contributed by atoms with Gasteiger partial charge in [0.2, 0.25) is 11.8 Å². The predicted octanol–water partition coefficient (Wildman–Crippen LogP) is 3.56. The van der Waals surface area contributed by atoms with E-state index in [0.717, 1.165) is 37.9 Å². The van der Waals surface area contributed by atoms with Crippen molar-refractivity contribution >= 4 is 5.91 Å². The molecule has 26 heavy (non-hydrogen) atoms. The molecule has 1 aliphatic heterocycles. The first-order valence-electron chi connectivity index (χ1n) is 9.49. The molecule has 1 aliphatic carbocycles. The summed E-state index contributed by atoms with van der Waals surface area (Å²) in [6.45, 7) is 1.56. The van der Waals surface area contributed by atoms with Gasteiger partial charge < -0.3 is 9.64 Å². The van der Waals surface area contributed by atoms with Crippen molar-refractivity contribution in [3.63, 3.8) is 0 Å². The fourth-order valence-corrected chi connectivity index (χ4v) is 4.05.